The lowest BCUT2D eigenvalue weighted by Crippen LogP contribution is -2.44. The number of nitrogens with zero attached hydrogens (tertiary/aromatic N) is 2. The summed E-state index contributed by atoms with van der Waals surface area (Å²) in [5, 5.41) is 6.22. The Hall–Kier alpha value is -1.27. The van der Waals surface area contributed by atoms with Crippen molar-refractivity contribution < 1.29 is 22.6 Å². The second-order valence-corrected chi connectivity index (χ2v) is 5.67. The van der Waals surface area contributed by atoms with Crippen LogP contribution in [-0.4, -0.2) is 63.4 Å². The van der Waals surface area contributed by atoms with Crippen LogP contribution in [0.15, 0.2) is 23.2 Å². The molecule has 27 heavy (non-hydrogen) atoms. The summed E-state index contributed by atoms with van der Waals surface area (Å²) in [7, 11) is 0. The van der Waals surface area contributed by atoms with E-state index in [1.165, 1.54) is 18.2 Å². The van der Waals surface area contributed by atoms with Crippen molar-refractivity contribution in [3.8, 4) is 5.75 Å². The number of alkyl halides is 2. The van der Waals surface area contributed by atoms with Crippen molar-refractivity contribution in [2.24, 2.45) is 4.99 Å². The van der Waals surface area contributed by atoms with Gasteiger partial charge in [0.1, 0.15) is 11.6 Å². The van der Waals surface area contributed by atoms with E-state index in [-0.39, 0.29) is 41.8 Å². The van der Waals surface area contributed by atoms with Crippen molar-refractivity contribution in [3.63, 3.8) is 0 Å². The molecule has 0 unspecified atom stereocenters. The Bertz CT molecular complexity index is 587. The molecule has 1 saturated heterocycles. The Labute approximate surface area is 174 Å². The summed E-state index contributed by atoms with van der Waals surface area (Å²) >= 11 is 0. The van der Waals surface area contributed by atoms with E-state index >= 15 is 0 Å². The third-order valence-electron chi connectivity index (χ3n) is 3.86. The number of benzene rings is 1. The summed E-state index contributed by atoms with van der Waals surface area (Å²) in [5.41, 5.74) is -0.00168. The summed E-state index contributed by atoms with van der Waals surface area (Å²) in [6.07, 6.45) is 0. The van der Waals surface area contributed by atoms with Crippen molar-refractivity contribution in [2.45, 2.75) is 20.1 Å². The van der Waals surface area contributed by atoms with Gasteiger partial charge in [-0.2, -0.15) is 8.78 Å². The molecule has 10 heteroatoms. The van der Waals surface area contributed by atoms with E-state index in [4.69, 9.17) is 4.74 Å². The molecule has 0 saturated carbocycles. The molecular formula is C17H26F3IN4O2. The molecule has 1 aliphatic rings. The van der Waals surface area contributed by atoms with E-state index in [2.05, 4.69) is 25.3 Å². The number of aliphatic imine (C=N–C) groups is 1. The maximum absolute atomic E-state index is 14.0. The normalized spacial score (nSPS) is 15.4. The lowest BCUT2D eigenvalue weighted by Gasteiger charge is -2.26. The average Bonchev–Trinajstić information content (AvgIpc) is 2.61. The molecule has 0 amide bonds. The molecule has 0 spiro atoms. The highest BCUT2D eigenvalue weighted by Crippen LogP contribution is 2.24. The fourth-order valence-corrected chi connectivity index (χ4v) is 2.56. The number of ether oxygens (including phenoxy) is 2. The van der Waals surface area contributed by atoms with E-state index in [1.54, 1.807) is 0 Å². The summed E-state index contributed by atoms with van der Waals surface area (Å²) in [6.45, 7) is 4.13. The fourth-order valence-electron chi connectivity index (χ4n) is 2.56. The average molecular weight is 502 g/mol. The van der Waals surface area contributed by atoms with Crippen LogP contribution in [0.2, 0.25) is 0 Å². The van der Waals surface area contributed by atoms with Gasteiger partial charge in [-0.3, -0.25) is 4.90 Å². The SMILES string of the molecule is CCNC(=NCc1c(F)cccc1OC(F)F)NCCN1CCOCC1.I. The van der Waals surface area contributed by atoms with E-state index < -0.39 is 12.4 Å². The smallest absolute Gasteiger partial charge is 0.387 e. The largest absolute Gasteiger partial charge is 0.434 e. The quantitative estimate of drug-likeness (QED) is 0.325. The van der Waals surface area contributed by atoms with Crippen LogP contribution in [-0.2, 0) is 11.3 Å². The highest BCUT2D eigenvalue weighted by molar-refractivity contribution is 14.0. The first-order valence-corrected chi connectivity index (χ1v) is 8.64. The third kappa shape index (κ3) is 8.52. The molecule has 0 radical (unpaired) electrons. The molecule has 1 aromatic rings. The first-order chi connectivity index (χ1) is 12.6. The molecule has 1 aromatic carbocycles. The molecule has 0 bridgehead atoms. The van der Waals surface area contributed by atoms with Gasteiger partial charge in [0.2, 0.25) is 0 Å². The molecule has 2 rings (SSSR count). The Morgan fingerprint density at radius 3 is 2.70 bits per heavy atom. The number of halogens is 4. The number of nitrogens with one attached hydrogen (secondary N) is 2. The van der Waals surface area contributed by atoms with Crippen molar-refractivity contribution in [1.82, 2.24) is 15.5 Å². The molecule has 6 nitrogen and oxygen atoms in total. The van der Waals surface area contributed by atoms with Gasteiger partial charge < -0.3 is 20.1 Å². The van der Waals surface area contributed by atoms with Crippen LogP contribution >= 0.6 is 24.0 Å². The number of morpholine rings is 1. The summed E-state index contributed by atoms with van der Waals surface area (Å²) in [4.78, 5) is 6.55. The van der Waals surface area contributed by atoms with Gasteiger partial charge in [0.05, 0.1) is 25.3 Å². The monoisotopic (exact) mass is 502 g/mol. The number of hydrogen-bond acceptors (Lipinski definition) is 4. The zero-order chi connectivity index (χ0) is 18.8. The number of guanidine groups is 1. The molecule has 154 valence electrons. The molecule has 2 N–H and O–H groups in total. The highest BCUT2D eigenvalue weighted by atomic mass is 127. The topological polar surface area (TPSA) is 58.1 Å². The predicted octanol–water partition coefficient (Wildman–Crippen LogP) is 2.43. The molecule has 1 heterocycles. The van der Waals surface area contributed by atoms with E-state index in [0.29, 0.717) is 19.0 Å². The van der Waals surface area contributed by atoms with Crippen LogP contribution in [0.3, 0.4) is 0 Å². The van der Waals surface area contributed by atoms with Crippen LogP contribution in [0.25, 0.3) is 0 Å². The van der Waals surface area contributed by atoms with Gasteiger partial charge in [0.25, 0.3) is 0 Å². The maximum Gasteiger partial charge on any atom is 0.387 e. The first-order valence-electron chi connectivity index (χ1n) is 8.64. The Morgan fingerprint density at radius 1 is 1.30 bits per heavy atom. The van der Waals surface area contributed by atoms with Crippen LogP contribution < -0.4 is 15.4 Å². The zero-order valence-corrected chi connectivity index (χ0v) is 17.5. The van der Waals surface area contributed by atoms with E-state index in [9.17, 15) is 13.2 Å². The summed E-state index contributed by atoms with van der Waals surface area (Å²) in [6, 6.07) is 3.83. The molecule has 0 aromatic heterocycles. The fraction of sp³-hybridized carbons (Fsp3) is 0.588. The Morgan fingerprint density at radius 2 is 2.04 bits per heavy atom. The molecule has 0 atom stereocenters. The highest BCUT2D eigenvalue weighted by Gasteiger charge is 2.14. The standard InChI is InChI=1S/C17H25F3N4O2.HI/c1-2-21-17(22-6-7-24-8-10-25-11-9-24)23-12-13-14(18)4-3-5-15(13)26-16(19)20;/h3-5,16H,2,6-12H2,1H3,(H2,21,22,23);1H. The van der Waals surface area contributed by atoms with Crippen molar-refractivity contribution in [3.05, 3.63) is 29.6 Å². The molecule has 0 aliphatic carbocycles. The van der Waals surface area contributed by atoms with Gasteiger partial charge in [0, 0.05) is 32.7 Å². The van der Waals surface area contributed by atoms with E-state index in [0.717, 1.165) is 32.8 Å². The van der Waals surface area contributed by atoms with Gasteiger partial charge >= 0.3 is 6.61 Å². The van der Waals surface area contributed by atoms with Gasteiger partial charge in [-0.1, -0.05) is 6.07 Å². The van der Waals surface area contributed by atoms with Crippen molar-refractivity contribution in [1.29, 1.82) is 0 Å². The second kappa shape index (κ2) is 13.0. The van der Waals surface area contributed by atoms with Gasteiger partial charge in [-0.25, -0.2) is 9.38 Å². The van der Waals surface area contributed by atoms with Gasteiger partial charge in [-0.05, 0) is 19.1 Å². The van der Waals surface area contributed by atoms with Crippen molar-refractivity contribution >= 4 is 29.9 Å². The van der Waals surface area contributed by atoms with Gasteiger partial charge in [-0.15, -0.1) is 24.0 Å². The molecule has 1 aliphatic heterocycles. The number of hydrogen-bond donors (Lipinski definition) is 2. The number of rotatable bonds is 8. The molecule has 1 fully saturated rings. The minimum atomic E-state index is -3.01. The molecular weight excluding hydrogens is 476 g/mol. The Balaban J connectivity index is 0.00000364. The van der Waals surface area contributed by atoms with Crippen molar-refractivity contribution in [2.75, 3.05) is 45.9 Å². The van der Waals surface area contributed by atoms with Crippen LogP contribution in [0, 0.1) is 5.82 Å². The minimum absolute atomic E-state index is 0. The summed E-state index contributed by atoms with van der Waals surface area (Å²) in [5.74, 6) is -0.337. The maximum atomic E-state index is 14.0. The van der Waals surface area contributed by atoms with Crippen LogP contribution in [0.4, 0.5) is 13.2 Å². The Kier molecular flexibility index (Phi) is 11.4. The van der Waals surface area contributed by atoms with Crippen LogP contribution in [0.5, 0.6) is 5.75 Å². The van der Waals surface area contributed by atoms with Gasteiger partial charge in [0.15, 0.2) is 5.96 Å². The zero-order valence-electron chi connectivity index (χ0n) is 15.2. The lowest BCUT2D eigenvalue weighted by molar-refractivity contribution is -0.0506. The third-order valence-corrected chi connectivity index (χ3v) is 3.86. The first kappa shape index (κ1) is 23.8. The van der Waals surface area contributed by atoms with E-state index in [1.807, 2.05) is 6.92 Å². The second-order valence-electron chi connectivity index (χ2n) is 5.67. The summed E-state index contributed by atoms with van der Waals surface area (Å²) < 4.78 is 48.6. The lowest BCUT2D eigenvalue weighted by atomic mass is 10.2. The minimum Gasteiger partial charge on any atom is -0.434 e. The predicted molar refractivity (Wildman–Crippen MR) is 109 cm³/mol. The van der Waals surface area contributed by atoms with Crippen LogP contribution in [0.1, 0.15) is 12.5 Å².